The van der Waals surface area contributed by atoms with E-state index in [1.807, 2.05) is 12.1 Å². The van der Waals surface area contributed by atoms with E-state index in [-0.39, 0.29) is 30.3 Å². The summed E-state index contributed by atoms with van der Waals surface area (Å²) < 4.78 is 31.4. The summed E-state index contributed by atoms with van der Waals surface area (Å²) in [6.45, 7) is 5.60. The van der Waals surface area contributed by atoms with Crippen LogP contribution in [0.3, 0.4) is 0 Å². The Morgan fingerprint density at radius 3 is 2.42 bits per heavy atom. The van der Waals surface area contributed by atoms with Crippen molar-refractivity contribution < 1.29 is 28.2 Å². The highest BCUT2D eigenvalue weighted by molar-refractivity contribution is 6.04. The molecule has 1 N–H and O–H groups in total. The van der Waals surface area contributed by atoms with Gasteiger partial charge in [0.25, 0.3) is 5.91 Å². The Balaban J connectivity index is 1.48. The van der Waals surface area contributed by atoms with Crippen molar-refractivity contribution in [3.05, 3.63) is 83.8 Å². The molecule has 0 atom stereocenters. The monoisotopic (exact) mass is 515 g/mol. The number of esters is 1. The van der Waals surface area contributed by atoms with Crippen LogP contribution in [0.15, 0.2) is 66.7 Å². The Morgan fingerprint density at radius 2 is 1.74 bits per heavy atom. The van der Waals surface area contributed by atoms with Crippen LogP contribution in [-0.2, 0) is 11.2 Å². The van der Waals surface area contributed by atoms with E-state index >= 15 is 0 Å². The molecule has 1 aliphatic rings. The van der Waals surface area contributed by atoms with Gasteiger partial charge in [0.15, 0.2) is 11.5 Å². The number of ether oxygens (including phenoxy) is 3. The second-order valence-corrected chi connectivity index (χ2v) is 9.31. The lowest BCUT2D eigenvalue weighted by Crippen LogP contribution is -2.11. The van der Waals surface area contributed by atoms with Crippen molar-refractivity contribution in [1.82, 2.24) is 9.78 Å². The first-order chi connectivity index (χ1) is 18.3. The zero-order valence-corrected chi connectivity index (χ0v) is 21.2. The Morgan fingerprint density at radius 1 is 1.03 bits per heavy atom. The maximum absolute atomic E-state index is 13.6. The van der Waals surface area contributed by atoms with Crippen molar-refractivity contribution in [3.63, 3.8) is 0 Å². The van der Waals surface area contributed by atoms with Gasteiger partial charge in [-0.2, -0.15) is 9.78 Å². The van der Waals surface area contributed by atoms with Crippen molar-refractivity contribution in [2.24, 2.45) is 5.92 Å². The fourth-order valence-electron chi connectivity index (χ4n) is 4.21. The van der Waals surface area contributed by atoms with Crippen LogP contribution in [0, 0.1) is 11.7 Å². The Hall–Kier alpha value is -4.66. The minimum atomic E-state index is -0.502. The van der Waals surface area contributed by atoms with Gasteiger partial charge in [-0.15, -0.1) is 0 Å². The number of anilines is 1. The molecule has 5 rings (SSSR count). The molecule has 0 saturated carbocycles. The molecule has 0 fully saturated rings. The fourth-order valence-corrected chi connectivity index (χ4v) is 4.21. The summed E-state index contributed by atoms with van der Waals surface area (Å²) in [5.41, 5.74) is 3.74. The minimum absolute atomic E-state index is 0.133. The lowest BCUT2D eigenvalue weighted by molar-refractivity contribution is -0.132. The van der Waals surface area contributed by atoms with E-state index < -0.39 is 5.97 Å². The van der Waals surface area contributed by atoms with Gasteiger partial charge in [0.2, 0.25) is 12.7 Å². The number of hydrogen-bond donors (Lipinski definition) is 1. The summed E-state index contributed by atoms with van der Waals surface area (Å²) in [5.74, 6) is 0.484. The van der Waals surface area contributed by atoms with Crippen LogP contribution in [0.1, 0.15) is 36.8 Å². The SMILES string of the molecule is CC(=O)Oc1c(-c2ccc(NC(=O)c3ccc4c(c3)OCO4)cc2)c(CC(C)C)nn1-c1ccc(F)cc1. The molecular weight excluding hydrogens is 489 g/mol. The van der Waals surface area contributed by atoms with Crippen LogP contribution < -0.4 is 19.5 Å². The summed E-state index contributed by atoms with van der Waals surface area (Å²) in [6, 6.07) is 18.0. The van der Waals surface area contributed by atoms with Gasteiger partial charge in [0, 0.05) is 18.2 Å². The average molecular weight is 516 g/mol. The van der Waals surface area contributed by atoms with E-state index in [1.165, 1.54) is 23.7 Å². The number of nitrogens with one attached hydrogen (secondary N) is 1. The van der Waals surface area contributed by atoms with Crippen LogP contribution in [0.2, 0.25) is 0 Å². The number of aromatic nitrogens is 2. The molecular formula is C29H26FN3O5. The maximum atomic E-state index is 13.6. The van der Waals surface area contributed by atoms with Crippen LogP contribution in [0.25, 0.3) is 16.8 Å². The van der Waals surface area contributed by atoms with Gasteiger partial charge in [-0.05, 0) is 72.5 Å². The molecule has 0 unspecified atom stereocenters. The first kappa shape index (κ1) is 25.0. The Labute approximate surface area is 219 Å². The van der Waals surface area contributed by atoms with Crippen molar-refractivity contribution in [3.8, 4) is 34.2 Å². The smallest absolute Gasteiger partial charge is 0.309 e. The number of amides is 1. The predicted octanol–water partition coefficient (Wildman–Crippen LogP) is 5.78. The highest BCUT2D eigenvalue weighted by Crippen LogP contribution is 2.38. The summed E-state index contributed by atoms with van der Waals surface area (Å²) in [7, 11) is 0. The van der Waals surface area contributed by atoms with E-state index in [4.69, 9.17) is 19.3 Å². The Kier molecular flexibility index (Phi) is 6.83. The van der Waals surface area contributed by atoms with E-state index in [0.717, 1.165) is 11.3 Å². The topological polar surface area (TPSA) is 91.7 Å². The fraction of sp³-hybridized carbons (Fsp3) is 0.207. The standard InChI is InChI=1S/C29H26FN3O5/c1-17(2)14-24-27(29(38-18(3)34)33(32-24)23-11-7-21(30)8-12-23)19-4-9-22(10-5-19)31-28(35)20-6-13-25-26(15-20)37-16-36-25/h4-13,15,17H,14,16H2,1-3H3,(H,31,35). The molecule has 1 amide bonds. The average Bonchev–Trinajstić information content (AvgIpc) is 3.48. The first-order valence-electron chi connectivity index (χ1n) is 12.2. The van der Waals surface area contributed by atoms with Crippen molar-refractivity contribution >= 4 is 17.6 Å². The third-order valence-corrected chi connectivity index (χ3v) is 5.89. The molecule has 0 radical (unpaired) electrons. The van der Waals surface area contributed by atoms with Crippen molar-refractivity contribution in [2.45, 2.75) is 27.2 Å². The molecule has 1 aromatic heterocycles. The number of nitrogens with zero attached hydrogens (tertiary/aromatic N) is 2. The molecule has 4 aromatic rings. The summed E-state index contributed by atoms with van der Waals surface area (Å²) in [4.78, 5) is 24.9. The first-order valence-corrected chi connectivity index (χ1v) is 12.2. The third kappa shape index (κ3) is 5.22. The molecule has 0 spiro atoms. The Bertz CT molecular complexity index is 1490. The molecule has 38 heavy (non-hydrogen) atoms. The molecule has 9 heteroatoms. The zero-order valence-electron chi connectivity index (χ0n) is 21.2. The summed E-state index contributed by atoms with van der Waals surface area (Å²) in [6.07, 6.45) is 0.625. The highest BCUT2D eigenvalue weighted by atomic mass is 19.1. The predicted molar refractivity (Wildman–Crippen MR) is 139 cm³/mol. The van der Waals surface area contributed by atoms with E-state index in [2.05, 4.69) is 19.2 Å². The number of fused-ring (bicyclic) bond motifs is 1. The van der Waals surface area contributed by atoms with E-state index in [0.29, 0.717) is 40.4 Å². The van der Waals surface area contributed by atoms with E-state index in [9.17, 15) is 14.0 Å². The molecule has 0 bridgehead atoms. The quantitative estimate of drug-likeness (QED) is 0.314. The van der Waals surface area contributed by atoms with Gasteiger partial charge < -0.3 is 19.5 Å². The lowest BCUT2D eigenvalue weighted by atomic mass is 9.99. The lowest BCUT2D eigenvalue weighted by Gasteiger charge is -2.11. The van der Waals surface area contributed by atoms with Gasteiger partial charge in [0.05, 0.1) is 16.9 Å². The molecule has 2 heterocycles. The number of carbonyl (C=O) groups is 2. The van der Waals surface area contributed by atoms with Gasteiger partial charge in [-0.1, -0.05) is 26.0 Å². The normalized spacial score (nSPS) is 12.0. The molecule has 8 nitrogen and oxygen atoms in total. The van der Waals surface area contributed by atoms with Crippen molar-refractivity contribution in [1.29, 1.82) is 0 Å². The van der Waals surface area contributed by atoms with Gasteiger partial charge in [0.1, 0.15) is 5.82 Å². The molecule has 0 saturated heterocycles. The van der Waals surface area contributed by atoms with Gasteiger partial charge in [-0.3, -0.25) is 9.59 Å². The maximum Gasteiger partial charge on any atom is 0.309 e. The molecule has 3 aromatic carbocycles. The van der Waals surface area contributed by atoms with Gasteiger partial charge >= 0.3 is 5.97 Å². The number of benzene rings is 3. The largest absolute Gasteiger partial charge is 0.454 e. The summed E-state index contributed by atoms with van der Waals surface area (Å²) in [5, 5.41) is 7.62. The summed E-state index contributed by atoms with van der Waals surface area (Å²) >= 11 is 0. The van der Waals surface area contributed by atoms with E-state index in [1.54, 1.807) is 42.5 Å². The molecule has 194 valence electrons. The minimum Gasteiger partial charge on any atom is -0.454 e. The highest BCUT2D eigenvalue weighted by Gasteiger charge is 2.24. The van der Waals surface area contributed by atoms with Crippen molar-refractivity contribution in [2.75, 3.05) is 12.1 Å². The van der Waals surface area contributed by atoms with Crippen LogP contribution in [-0.4, -0.2) is 28.4 Å². The number of hydrogen-bond acceptors (Lipinski definition) is 6. The number of halogens is 1. The third-order valence-electron chi connectivity index (χ3n) is 5.89. The number of carbonyl (C=O) groups excluding carboxylic acids is 2. The zero-order chi connectivity index (χ0) is 26.8. The van der Waals surface area contributed by atoms with Crippen LogP contribution in [0.4, 0.5) is 10.1 Å². The van der Waals surface area contributed by atoms with Gasteiger partial charge in [-0.25, -0.2) is 4.39 Å². The molecule has 0 aliphatic carbocycles. The van der Waals surface area contributed by atoms with Crippen LogP contribution in [0.5, 0.6) is 17.4 Å². The second-order valence-electron chi connectivity index (χ2n) is 9.31. The molecule has 1 aliphatic heterocycles. The number of rotatable bonds is 7. The second kappa shape index (κ2) is 10.4. The van der Waals surface area contributed by atoms with Crippen LogP contribution >= 0.6 is 0 Å².